The lowest BCUT2D eigenvalue weighted by Gasteiger charge is -2.45. The molecule has 4 aromatic rings. The van der Waals surface area contributed by atoms with E-state index in [-0.39, 0.29) is 42.5 Å². The molecule has 2 aliphatic heterocycles. The van der Waals surface area contributed by atoms with Crippen LogP contribution in [0.2, 0.25) is 0 Å². The van der Waals surface area contributed by atoms with E-state index in [2.05, 4.69) is 14.9 Å². The molecular formula is C28H25FN6O3. The Morgan fingerprint density at radius 3 is 2.42 bits per heavy atom. The van der Waals surface area contributed by atoms with Gasteiger partial charge >= 0.3 is 0 Å². The Labute approximate surface area is 218 Å². The number of nitrogens with zero attached hydrogens (tertiary/aromatic N) is 6. The molecule has 9 nitrogen and oxygen atoms in total. The van der Waals surface area contributed by atoms with Crippen molar-refractivity contribution in [2.75, 3.05) is 32.7 Å². The highest BCUT2D eigenvalue weighted by molar-refractivity contribution is 6.02. The molecule has 6 rings (SSSR count). The molecule has 0 unspecified atom stereocenters. The van der Waals surface area contributed by atoms with E-state index in [4.69, 9.17) is 0 Å². The third-order valence-corrected chi connectivity index (χ3v) is 7.23. The van der Waals surface area contributed by atoms with Crippen LogP contribution in [0.3, 0.4) is 0 Å². The first-order valence-electron chi connectivity index (χ1n) is 12.5. The van der Waals surface area contributed by atoms with Gasteiger partial charge in [-0.25, -0.2) is 14.4 Å². The third kappa shape index (κ3) is 4.43. The van der Waals surface area contributed by atoms with Crippen LogP contribution in [-0.2, 0) is 4.79 Å². The molecule has 10 heteroatoms. The van der Waals surface area contributed by atoms with Crippen LogP contribution in [0.25, 0.3) is 16.6 Å². The zero-order chi connectivity index (χ0) is 26.2. The average molecular weight is 513 g/mol. The Hall–Kier alpha value is -4.44. The summed E-state index contributed by atoms with van der Waals surface area (Å²) >= 11 is 0. The molecule has 0 atom stereocenters. The number of likely N-dealkylation sites (tertiary alicyclic amines) is 1. The van der Waals surface area contributed by atoms with E-state index in [9.17, 15) is 18.8 Å². The van der Waals surface area contributed by atoms with Crippen LogP contribution in [0, 0.1) is 5.82 Å². The Morgan fingerprint density at radius 2 is 1.66 bits per heavy atom. The predicted molar refractivity (Wildman–Crippen MR) is 137 cm³/mol. The quantitative estimate of drug-likeness (QED) is 0.391. The van der Waals surface area contributed by atoms with Crippen LogP contribution in [0.15, 0.2) is 73.2 Å². The van der Waals surface area contributed by atoms with Gasteiger partial charge in [-0.3, -0.25) is 24.2 Å². The molecule has 38 heavy (non-hydrogen) atoms. The van der Waals surface area contributed by atoms with E-state index in [1.165, 1.54) is 29.4 Å². The molecule has 2 saturated heterocycles. The highest BCUT2D eigenvalue weighted by atomic mass is 19.1. The van der Waals surface area contributed by atoms with Gasteiger partial charge in [-0.15, -0.1) is 0 Å². The van der Waals surface area contributed by atoms with Gasteiger partial charge in [-0.05, 0) is 54.6 Å². The molecular weight excluding hydrogens is 487 g/mol. The van der Waals surface area contributed by atoms with Crippen LogP contribution < -0.4 is 0 Å². The molecule has 192 valence electrons. The number of hydrogen-bond acceptors (Lipinski definition) is 6. The van der Waals surface area contributed by atoms with Crippen molar-refractivity contribution in [3.05, 3.63) is 90.4 Å². The maximum Gasteiger partial charge on any atom is 0.298 e. The molecule has 4 heterocycles. The summed E-state index contributed by atoms with van der Waals surface area (Å²) in [6, 6.07) is 15.6. The summed E-state index contributed by atoms with van der Waals surface area (Å²) in [6.45, 7) is 2.48. The smallest absolute Gasteiger partial charge is 0.298 e. The standard InChI is InChI=1S/C28H25FN6O3/c29-21-3-5-22(6-4-21)34-13-8-19-16-20(2-7-24(19)34)27(37)33-17-23(18-33)32-12-9-25(36)35(15-14-32)28(38)26-30-10-1-11-31-26/h1-8,10-11,13,16,23H,9,12,14-15,17-18H2. The second kappa shape index (κ2) is 9.79. The number of imide groups is 1. The zero-order valence-electron chi connectivity index (χ0n) is 20.5. The van der Waals surface area contributed by atoms with Crippen molar-refractivity contribution in [3.8, 4) is 5.69 Å². The van der Waals surface area contributed by atoms with E-state index in [0.29, 0.717) is 31.7 Å². The van der Waals surface area contributed by atoms with Gasteiger partial charge in [0.15, 0.2) is 0 Å². The fourth-order valence-corrected chi connectivity index (χ4v) is 5.09. The molecule has 0 saturated carbocycles. The van der Waals surface area contributed by atoms with Gasteiger partial charge in [-0.2, -0.15) is 0 Å². The lowest BCUT2D eigenvalue weighted by Crippen LogP contribution is -2.61. The van der Waals surface area contributed by atoms with Gasteiger partial charge in [0.05, 0.1) is 5.52 Å². The molecule has 2 aromatic carbocycles. The zero-order valence-corrected chi connectivity index (χ0v) is 20.5. The molecule has 0 radical (unpaired) electrons. The lowest BCUT2D eigenvalue weighted by molar-refractivity contribution is -0.127. The second-order valence-electron chi connectivity index (χ2n) is 9.51. The summed E-state index contributed by atoms with van der Waals surface area (Å²) in [4.78, 5) is 51.6. The summed E-state index contributed by atoms with van der Waals surface area (Å²) in [5.74, 6) is -1.03. The number of carbonyl (C=O) groups excluding carboxylic acids is 3. The first-order chi connectivity index (χ1) is 18.5. The largest absolute Gasteiger partial charge is 0.335 e. The SMILES string of the molecule is O=C(c1ccc2c(ccn2-c2ccc(F)cc2)c1)N1CC(N2CCC(=O)N(C(=O)c3ncccn3)CC2)C1. The molecule has 0 spiro atoms. The Kier molecular flexibility index (Phi) is 6.16. The van der Waals surface area contributed by atoms with Crippen LogP contribution in [0.5, 0.6) is 0 Å². The van der Waals surface area contributed by atoms with Crippen molar-refractivity contribution < 1.29 is 18.8 Å². The molecule has 0 aliphatic carbocycles. The van der Waals surface area contributed by atoms with Gasteiger partial charge < -0.3 is 9.47 Å². The fraction of sp³-hybridized carbons (Fsp3) is 0.250. The minimum Gasteiger partial charge on any atom is -0.335 e. The van der Waals surface area contributed by atoms with Gasteiger partial charge in [-0.1, -0.05) is 0 Å². The minimum atomic E-state index is -0.480. The number of halogens is 1. The van der Waals surface area contributed by atoms with Crippen molar-refractivity contribution in [1.82, 2.24) is 29.2 Å². The van der Waals surface area contributed by atoms with Gasteiger partial charge in [0.2, 0.25) is 11.7 Å². The lowest BCUT2D eigenvalue weighted by atomic mass is 10.0. The van der Waals surface area contributed by atoms with E-state index in [1.807, 2.05) is 35.0 Å². The summed E-state index contributed by atoms with van der Waals surface area (Å²) in [7, 11) is 0. The Bertz CT molecular complexity index is 1510. The topological polar surface area (TPSA) is 91.6 Å². The van der Waals surface area contributed by atoms with E-state index in [0.717, 1.165) is 16.6 Å². The summed E-state index contributed by atoms with van der Waals surface area (Å²) in [5.41, 5.74) is 2.39. The van der Waals surface area contributed by atoms with E-state index >= 15 is 0 Å². The summed E-state index contributed by atoms with van der Waals surface area (Å²) in [5, 5.41) is 0.926. The minimum absolute atomic E-state index is 0.0136. The highest BCUT2D eigenvalue weighted by Crippen LogP contribution is 2.25. The van der Waals surface area contributed by atoms with Crippen LogP contribution >= 0.6 is 0 Å². The Balaban J connectivity index is 1.08. The van der Waals surface area contributed by atoms with Gasteiger partial charge in [0, 0.05) is 80.4 Å². The van der Waals surface area contributed by atoms with Crippen molar-refractivity contribution in [1.29, 1.82) is 0 Å². The van der Waals surface area contributed by atoms with E-state index < -0.39 is 5.91 Å². The Morgan fingerprint density at radius 1 is 0.895 bits per heavy atom. The molecule has 2 aromatic heterocycles. The average Bonchev–Trinajstić information content (AvgIpc) is 3.25. The number of benzene rings is 2. The van der Waals surface area contributed by atoms with Crippen molar-refractivity contribution in [2.45, 2.75) is 12.5 Å². The number of hydrogen-bond donors (Lipinski definition) is 0. The normalized spacial score (nSPS) is 16.9. The number of amides is 3. The number of rotatable bonds is 4. The van der Waals surface area contributed by atoms with Crippen molar-refractivity contribution >= 4 is 28.6 Å². The molecule has 0 bridgehead atoms. The summed E-state index contributed by atoms with van der Waals surface area (Å²) < 4.78 is 15.3. The molecule has 2 aliphatic rings. The first kappa shape index (κ1) is 23.9. The van der Waals surface area contributed by atoms with Crippen LogP contribution in [-0.4, -0.2) is 85.7 Å². The number of aromatic nitrogens is 3. The van der Waals surface area contributed by atoms with E-state index in [1.54, 1.807) is 23.1 Å². The monoisotopic (exact) mass is 512 g/mol. The van der Waals surface area contributed by atoms with Crippen molar-refractivity contribution in [3.63, 3.8) is 0 Å². The van der Waals surface area contributed by atoms with Gasteiger partial charge in [0.1, 0.15) is 5.82 Å². The predicted octanol–water partition coefficient (Wildman–Crippen LogP) is 2.76. The van der Waals surface area contributed by atoms with Gasteiger partial charge in [0.25, 0.3) is 11.8 Å². The third-order valence-electron chi connectivity index (χ3n) is 7.23. The fourth-order valence-electron chi connectivity index (χ4n) is 5.09. The second-order valence-corrected chi connectivity index (χ2v) is 9.51. The number of carbonyl (C=O) groups is 3. The highest BCUT2D eigenvalue weighted by Gasteiger charge is 2.38. The van der Waals surface area contributed by atoms with Crippen LogP contribution in [0.1, 0.15) is 27.4 Å². The first-order valence-corrected chi connectivity index (χ1v) is 12.5. The van der Waals surface area contributed by atoms with Crippen LogP contribution in [0.4, 0.5) is 4.39 Å². The molecule has 3 amide bonds. The number of fused-ring (bicyclic) bond motifs is 1. The molecule has 0 N–H and O–H groups in total. The summed E-state index contributed by atoms with van der Waals surface area (Å²) in [6.07, 6.45) is 5.09. The maximum atomic E-state index is 13.3. The van der Waals surface area contributed by atoms with Crippen molar-refractivity contribution in [2.24, 2.45) is 0 Å². The maximum absolute atomic E-state index is 13.3. The molecule has 2 fully saturated rings.